The van der Waals surface area contributed by atoms with Crippen LogP contribution in [0, 0.1) is 10.1 Å². The molecule has 1 heterocycles. The maximum Gasteiger partial charge on any atom is 0.295 e. The molecule has 1 atom stereocenters. The van der Waals surface area contributed by atoms with Gasteiger partial charge in [-0.2, -0.15) is 0 Å². The summed E-state index contributed by atoms with van der Waals surface area (Å²) >= 11 is 0. The second-order valence-corrected chi connectivity index (χ2v) is 7.81. The first-order valence-corrected chi connectivity index (χ1v) is 10.5. The van der Waals surface area contributed by atoms with E-state index in [4.69, 9.17) is 9.47 Å². The largest absolute Gasteiger partial charge is 0.507 e. The van der Waals surface area contributed by atoms with Gasteiger partial charge in [0, 0.05) is 24.8 Å². The summed E-state index contributed by atoms with van der Waals surface area (Å²) in [5.74, 6) is -1.70. The molecular weight excluding hydrogens is 428 g/mol. The van der Waals surface area contributed by atoms with Crippen molar-refractivity contribution in [1.29, 1.82) is 0 Å². The van der Waals surface area contributed by atoms with E-state index in [1.54, 1.807) is 24.3 Å². The summed E-state index contributed by atoms with van der Waals surface area (Å²) in [6, 6.07) is 11.2. The molecule has 2 aromatic carbocycles. The molecular formula is C24H26N2O7. The van der Waals surface area contributed by atoms with Crippen LogP contribution >= 0.6 is 0 Å². The number of hydrogen-bond donors (Lipinski definition) is 1. The maximum absolute atomic E-state index is 13.0. The van der Waals surface area contributed by atoms with Crippen molar-refractivity contribution in [3.05, 3.63) is 75.3 Å². The van der Waals surface area contributed by atoms with Gasteiger partial charge in [0.05, 0.1) is 35.3 Å². The molecule has 33 heavy (non-hydrogen) atoms. The molecule has 9 nitrogen and oxygen atoms in total. The lowest BCUT2D eigenvalue weighted by Crippen LogP contribution is -2.31. The number of Topliss-reactive ketones (excluding diaryl/α,β-unsaturated/α-hetero) is 1. The Balaban J connectivity index is 2.13. The Kier molecular flexibility index (Phi) is 7.44. The molecule has 2 aromatic rings. The topological polar surface area (TPSA) is 119 Å². The Morgan fingerprint density at radius 3 is 2.58 bits per heavy atom. The number of nitro benzene ring substituents is 1. The monoisotopic (exact) mass is 454 g/mol. The number of rotatable bonds is 9. The molecule has 1 aliphatic heterocycles. The van der Waals surface area contributed by atoms with Crippen LogP contribution in [0.3, 0.4) is 0 Å². The Bertz CT molecular complexity index is 1090. The minimum absolute atomic E-state index is 0.000480. The van der Waals surface area contributed by atoms with Crippen molar-refractivity contribution >= 4 is 23.1 Å². The Morgan fingerprint density at radius 1 is 1.18 bits per heavy atom. The highest BCUT2D eigenvalue weighted by atomic mass is 16.6. The fourth-order valence-electron chi connectivity index (χ4n) is 3.80. The van der Waals surface area contributed by atoms with Gasteiger partial charge in [-0.25, -0.2) is 0 Å². The zero-order valence-corrected chi connectivity index (χ0v) is 18.7. The minimum atomic E-state index is -1.11. The van der Waals surface area contributed by atoms with Gasteiger partial charge >= 0.3 is 0 Å². The highest BCUT2D eigenvalue weighted by Gasteiger charge is 2.47. The summed E-state index contributed by atoms with van der Waals surface area (Å²) in [6.45, 7) is 4.24. The summed E-state index contributed by atoms with van der Waals surface area (Å²) < 4.78 is 10.7. The van der Waals surface area contributed by atoms with E-state index in [0.717, 1.165) is 0 Å². The van der Waals surface area contributed by atoms with Crippen LogP contribution in [0.25, 0.3) is 5.76 Å². The van der Waals surface area contributed by atoms with E-state index in [1.165, 1.54) is 36.3 Å². The number of carbonyl (C=O) groups is 2. The van der Waals surface area contributed by atoms with Gasteiger partial charge in [-0.3, -0.25) is 19.7 Å². The number of aliphatic hydroxyl groups is 1. The molecule has 0 aliphatic carbocycles. The number of benzene rings is 2. The van der Waals surface area contributed by atoms with Gasteiger partial charge < -0.3 is 19.5 Å². The molecule has 0 aromatic heterocycles. The molecule has 0 unspecified atom stereocenters. The van der Waals surface area contributed by atoms with Gasteiger partial charge in [0.1, 0.15) is 11.5 Å². The van der Waals surface area contributed by atoms with E-state index in [9.17, 15) is 24.8 Å². The van der Waals surface area contributed by atoms with Crippen LogP contribution in [0.15, 0.2) is 54.1 Å². The third kappa shape index (κ3) is 5.04. The highest BCUT2D eigenvalue weighted by molar-refractivity contribution is 6.46. The average Bonchev–Trinajstić information content (AvgIpc) is 3.06. The molecule has 174 valence electrons. The van der Waals surface area contributed by atoms with Crippen LogP contribution in [0.4, 0.5) is 5.69 Å². The van der Waals surface area contributed by atoms with Crippen LogP contribution in [-0.4, -0.2) is 53.0 Å². The molecule has 1 saturated heterocycles. The number of hydrogen-bond acceptors (Lipinski definition) is 7. The number of methoxy groups -OCH3 is 1. The SMILES string of the molecule is COc1cccc(C(O)=C2C(=O)C(=O)N(CCCOC(C)C)[C@@H]2c2ccccc2[N+](=O)[O-])c1. The zero-order chi connectivity index (χ0) is 24.1. The van der Waals surface area contributed by atoms with E-state index >= 15 is 0 Å². The fourth-order valence-corrected chi connectivity index (χ4v) is 3.80. The van der Waals surface area contributed by atoms with Gasteiger partial charge in [0.15, 0.2) is 0 Å². The predicted molar refractivity (Wildman–Crippen MR) is 121 cm³/mol. The lowest BCUT2D eigenvalue weighted by molar-refractivity contribution is -0.385. The van der Waals surface area contributed by atoms with Crippen molar-refractivity contribution in [3.63, 3.8) is 0 Å². The summed E-state index contributed by atoms with van der Waals surface area (Å²) in [5, 5.41) is 22.8. The van der Waals surface area contributed by atoms with E-state index in [0.29, 0.717) is 18.8 Å². The summed E-state index contributed by atoms with van der Waals surface area (Å²) in [5.41, 5.74) is -0.0355. The molecule has 0 spiro atoms. The summed E-state index contributed by atoms with van der Waals surface area (Å²) in [7, 11) is 1.46. The van der Waals surface area contributed by atoms with Crippen molar-refractivity contribution in [2.75, 3.05) is 20.3 Å². The fraction of sp³-hybridized carbons (Fsp3) is 0.333. The molecule has 1 fully saturated rings. The molecule has 0 radical (unpaired) electrons. The lowest BCUT2D eigenvalue weighted by atomic mass is 9.94. The van der Waals surface area contributed by atoms with Crippen LogP contribution in [0.5, 0.6) is 5.75 Å². The van der Waals surface area contributed by atoms with Gasteiger partial charge in [-0.15, -0.1) is 0 Å². The minimum Gasteiger partial charge on any atom is -0.507 e. The normalized spacial score (nSPS) is 17.6. The van der Waals surface area contributed by atoms with Gasteiger partial charge in [0.2, 0.25) is 0 Å². The molecule has 1 amide bonds. The molecule has 9 heteroatoms. The van der Waals surface area contributed by atoms with E-state index in [1.807, 2.05) is 13.8 Å². The van der Waals surface area contributed by atoms with Crippen molar-refractivity contribution in [3.8, 4) is 5.75 Å². The standard InChI is InChI=1S/C24H26N2O7/c1-15(2)33-13-7-12-25-21(18-10-4-5-11-19(18)26(30)31)20(23(28)24(25)29)22(27)16-8-6-9-17(14-16)32-3/h4-6,8-11,14-15,21,27H,7,12-13H2,1-3H3/t21-/m1/s1. The number of amides is 1. The van der Waals surface area contributed by atoms with Crippen LogP contribution in [0.1, 0.15) is 37.4 Å². The summed E-state index contributed by atoms with van der Waals surface area (Å²) in [6.07, 6.45) is 0.418. The maximum atomic E-state index is 13.0. The van der Waals surface area contributed by atoms with Crippen molar-refractivity contribution in [1.82, 2.24) is 4.90 Å². The van der Waals surface area contributed by atoms with Gasteiger partial charge in [0.25, 0.3) is 17.4 Å². The number of aliphatic hydroxyl groups excluding tert-OH is 1. The molecule has 3 rings (SSSR count). The van der Waals surface area contributed by atoms with Crippen LogP contribution < -0.4 is 4.74 Å². The third-order valence-corrected chi connectivity index (χ3v) is 5.31. The first-order chi connectivity index (χ1) is 15.8. The second kappa shape index (κ2) is 10.3. The van der Waals surface area contributed by atoms with Crippen LogP contribution in [-0.2, 0) is 14.3 Å². The first-order valence-electron chi connectivity index (χ1n) is 10.5. The Labute approximate surface area is 191 Å². The quantitative estimate of drug-likeness (QED) is 0.153. The van der Waals surface area contributed by atoms with Crippen molar-refractivity contribution in [2.45, 2.75) is 32.4 Å². The molecule has 1 aliphatic rings. The number of para-hydroxylation sites is 1. The number of nitrogens with zero attached hydrogens (tertiary/aromatic N) is 2. The zero-order valence-electron chi connectivity index (χ0n) is 18.7. The van der Waals surface area contributed by atoms with E-state index < -0.39 is 28.4 Å². The first kappa shape index (κ1) is 23.9. The van der Waals surface area contributed by atoms with Crippen molar-refractivity contribution in [2.24, 2.45) is 0 Å². The number of ether oxygens (including phenoxy) is 2. The number of likely N-dealkylation sites (tertiary alicyclic amines) is 1. The number of ketones is 1. The van der Waals surface area contributed by atoms with E-state index in [2.05, 4.69) is 0 Å². The third-order valence-electron chi connectivity index (χ3n) is 5.31. The number of nitro groups is 1. The second-order valence-electron chi connectivity index (χ2n) is 7.81. The summed E-state index contributed by atoms with van der Waals surface area (Å²) in [4.78, 5) is 38.4. The molecule has 1 N–H and O–H groups in total. The van der Waals surface area contributed by atoms with E-state index in [-0.39, 0.29) is 35.0 Å². The highest BCUT2D eigenvalue weighted by Crippen LogP contribution is 2.42. The number of carbonyl (C=O) groups excluding carboxylic acids is 2. The smallest absolute Gasteiger partial charge is 0.295 e. The Morgan fingerprint density at radius 2 is 1.91 bits per heavy atom. The van der Waals surface area contributed by atoms with Gasteiger partial charge in [-0.1, -0.05) is 24.3 Å². The Hall–Kier alpha value is -3.72. The molecule has 0 bridgehead atoms. The average molecular weight is 454 g/mol. The van der Waals surface area contributed by atoms with Crippen molar-refractivity contribution < 1.29 is 29.1 Å². The van der Waals surface area contributed by atoms with Gasteiger partial charge in [-0.05, 0) is 38.5 Å². The molecule has 0 saturated carbocycles. The van der Waals surface area contributed by atoms with Crippen LogP contribution in [0.2, 0.25) is 0 Å². The lowest BCUT2D eigenvalue weighted by Gasteiger charge is -2.25. The predicted octanol–water partition coefficient (Wildman–Crippen LogP) is 3.84.